The number of hydrogen-bond donors (Lipinski definition) is 0. The maximum atomic E-state index is 11.1. The van der Waals surface area contributed by atoms with Crippen molar-refractivity contribution in [2.45, 2.75) is 26.7 Å². The number of amides is 1. The molecule has 10 heavy (non-hydrogen) atoms. The van der Waals surface area contributed by atoms with Gasteiger partial charge in [-0.2, -0.15) is 0 Å². The SMILES string of the molecule is CCC1(C)CC(=O)N(C)C1. The van der Waals surface area contributed by atoms with Crippen LogP contribution in [0.15, 0.2) is 0 Å². The van der Waals surface area contributed by atoms with Crippen molar-refractivity contribution in [1.29, 1.82) is 0 Å². The molecule has 1 aliphatic heterocycles. The zero-order chi connectivity index (χ0) is 7.78. The Balaban J connectivity index is 2.64. The smallest absolute Gasteiger partial charge is 0.222 e. The van der Waals surface area contributed by atoms with Gasteiger partial charge in [0, 0.05) is 20.0 Å². The number of hydrogen-bond acceptors (Lipinski definition) is 1. The quantitative estimate of drug-likeness (QED) is 0.538. The van der Waals surface area contributed by atoms with Crippen LogP contribution in [0.4, 0.5) is 0 Å². The van der Waals surface area contributed by atoms with Gasteiger partial charge >= 0.3 is 0 Å². The number of carbonyl (C=O) groups excluding carboxylic acids is 1. The molecule has 1 aliphatic rings. The van der Waals surface area contributed by atoms with Crippen molar-refractivity contribution in [1.82, 2.24) is 4.90 Å². The second-order valence-electron chi connectivity index (χ2n) is 3.59. The molecule has 0 aliphatic carbocycles. The summed E-state index contributed by atoms with van der Waals surface area (Å²) in [7, 11) is 1.88. The lowest BCUT2D eigenvalue weighted by Crippen LogP contribution is -2.22. The number of rotatable bonds is 1. The summed E-state index contributed by atoms with van der Waals surface area (Å²) in [6, 6.07) is 0. The van der Waals surface area contributed by atoms with Crippen LogP contribution in [0, 0.1) is 5.41 Å². The fraction of sp³-hybridized carbons (Fsp3) is 0.875. The third-order valence-corrected chi connectivity index (χ3v) is 2.48. The normalized spacial score (nSPS) is 33.5. The van der Waals surface area contributed by atoms with E-state index in [4.69, 9.17) is 0 Å². The molecule has 1 atom stereocenters. The van der Waals surface area contributed by atoms with Crippen molar-refractivity contribution in [3.8, 4) is 0 Å². The Morgan fingerprint density at radius 3 is 2.50 bits per heavy atom. The molecule has 0 aromatic carbocycles. The zero-order valence-corrected chi connectivity index (χ0v) is 6.98. The van der Waals surface area contributed by atoms with Gasteiger partial charge in [-0.05, 0) is 11.8 Å². The molecule has 1 amide bonds. The van der Waals surface area contributed by atoms with Crippen LogP contribution in [0.1, 0.15) is 26.7 Å². The second-order valence-corrected chi connectivity index (χ2v) is 3.59. The van der Waals surface area contributed by atoms with E-state index >= 15 is 0 Å². The monoisotopic (exact) mass is 141 g/mol. The Hall–Kier alpha value is -0.530. The molecule has 0 spiro atoms. The molecule has 0 saturated carbocycles. The molecule has 2 heteroatoms. The first-order chi connectivity index (χ1) is 4.57. The van der Waals surface area contributed by atoms with E-state index in [-0.39, 0.29) is 5.41 Å². The van der Waals surface area contributed by atoms with Gasteiger partial charge in [0.15, 0.2) is 0 Å². The number of carbonyl (C=O) groups is 1. The lowest BCUT2D eigenvalue weighted by atomic mass is 9.87. The highest BCUT2D eigenvalue weighted by Gasteiger charge is 2.35. The Morgan fingerprint density at radius 2 is 2.30 bits per heavy atom. The number of likely N-dealkylation sites (tertiary alicyclic amines) is 1. The lowest BCUT2D eigenvalue weighted by Gasteiger charge is -2.19. The van der Waals surface area contributed by atoms with Gasteiger partial charge in [-0.3, -0.25) is 4.79 Å². The van der Waals surface area contributed by atoms with Crippen LogP contribution >= 0.6 is 0 Å². The molecule has 58 valence electrons. The van der Waals surface area contributed by atoms with Gasteiger partial charge < -0.3 is 4.90 Å². The van der Waals surface area contributed by atoms with Gasteiger partial charge in [-0.1, -0.05) is 13.8 Å². The van der Waals surface area contributed by atoms with E-state index in [0.717, 1.165) is 19.4 Å². The largest absolute Gasteiger partial charge is 0.345 e. The minimum absolute atomic E-state index is 0.256. The van der Waals surface area contributed by atoms with Crippen LogP contribution in [0.3, 0.4) is 0 Å². The minimum Gasteiger partial charge on any atom is -0.345 e. The highest BCUT2D eigenvalue weighted by atomic mass is 16.2. The van der Waals surface area contributed by atoms with Crippen molar-refractivity contribution in [3.63, 3.8) is 0 Å². The summed E-state index contributed by atoms with van der Waals surface area (Å²) in [5.74, 6) is 0.296. The Kier molecular flexibility index (Phi) is 1.71. The van der Waals surface area contributed by atoms with Gasteiger partial charge in [0.25, 0.3) is 0 Å². The van der Waals surface area contributed by atoms with Gasteiger partial charge in [-0.25, -0.2) is 0 Å². The van der Waals surface area contributed by atoms with E-state index in [0.29, 0.717) is 5.91 Å². The Bertz CT molecular complexity index is 155. The highest BCUT2D eigenvalue weighted by Crippen LogP contribution is 2.32. The molecule has 2 nitrogen and oxygen atoms in total. The molecule has 0 bridgehead atoms. The van der Waals surface area contributed by atoms with E-state index in [1.807, 2.05) is 11.9 Å². The molecule has 1 heterocycles. The predicted octanol–water partition coefficient (Wildman–Crippen LogP) is 1.26. The molecule has 0 N–H and O–H groups in total. The van der Waals surface area contributed by atoms with Crippen molar-refractivity contribution in [2.24, 2.45) is 5.41 Å². The first-order valence-electron chi connectivity index (χ1n) is 3.81. The topological polar surface area (TPSA) is 20.3 Å². The average Bonchev–Trinajstić information content (AvgIpc) is 2.10. The van der Waals surface area contributed by atoms with E-state index in [9.17, 15) is 4.79 Å². The van der Waals surface area contributed by atoms with E-state index < -0.39 is 0 Å². The Morgan fingerprint density at radius 1 is 1.70 bits per heavy atom. The van der Waals surface area contributed by atoms with Crippen LogP contribution in [-0.4, -0.2) is 24.4 Å². The first kappa shape index (κ1) is 7.58. The van der Waals surface area contributed by atoms with Gasteiger partial charge in [0.05, 0.1) is 0 Å². The molecule has 1 rings (SSSR count). The molecule has 0 aromatic heterocycles. The van der Waals surface area contributed by atoms with E-state index in [2.05, 4.69) is 13.8 Å². The van der Waals surface area contributed by atoms with Gasteiger partial charge in [0.1, 0.15) is 0 Å². The van der Waals surface area contributed by atoms with Crippen LogP contribution < -0.4 is 0 Å². The lowest BCUT2D eigenvalue weighted by molar-refractivity contribution is -0.126. The summed E-state index contributed by atoms with van der Waals surface area (Å²) in [5.41, 5.74) is 0.256. The minimum atomic E-state index is 0.256. The number of nitrogens with zero attached hydrogens (tertiary/aromatic N) is 1. The molecule has 1 fully saturated rings. The molecule has 1 saturated heterocycles. The summed E-state index contributed by atoms with van der Waals surface area (Å²) in [6.45, 7) is 5.25. The summed E-state index contributed by atoms with van der Waals surface area (Å²) >= 11 is 0. The maximum Gasteiger partial charge on any atom is 0.222 e. The fourth-order valence-corrected chi connectivity index (χ4v) is 1.45. The second kappa shape index (κ2) is 2.26. The summed E-state index contributed by atoms with van der Waals surface area (Å²) in [6.07, 6.45) is 1.84. The van der Waals surface area contributed by atoms with E-state index in [1.54, 1.807) is 0 Å². The summed E-state index contributed by atoms with van der Waals surface area (Å²) in [4.78, 5) is 12.9. The molecule has 0 aromatic rings. The zero-order valence-electron chi connectivity index (χ0n) is 6.98. The van der Waals surface area contributed by atoms with Crippen LogP contribution in [-0.2, 0) is 4.79 Å². The van der Waals surface area contributed by atoms with Crippen molar-refractivity contribution in [3.05, 3.63) is 0 Å². The highest BCUT2D eigenvalue weighted by molar-refractivity contribution is 5.79. The predicted molar refractivity (Wildman–Crippen MR) is 40.7 cm³/mol. The van der Waals surface area contributed by atoms with Crippen LogP contribution in [0.2, 0.25) is 0 Å². The third kappa shape index (κ3) is 1.15. The maximum absolute atomic E-state index is 11.1. The molecule has 0 radical (unpaired) electrons. The third-order valence-electron chi connectivity index (χ3n) is 2.48. The molecular weight excluding hydrogens is 126 g/mol. The van der Waals surface area contributed by atoms with Crippen molar-refractivity contribution in [2.75, 3.05) is 13.6 Å². The van der Waals surface area contributed by atoms with Gasteiger partial charge in [-0.15, -0.1) is 0 Å². The molecule has 1 unspecified atom stereocenters. The van der Waals surface area contributed by atoms with Crippen molar-refractivity contribution < 1.29 is 4.79 Å². The average molecular weight is 141 g/mol. The van der Waals surface area contributed by atoms with Crippen LogP contribution in [0.5, 0.6) is 0 Å². The summed E-state index contributed by atoms with van der Waals surface area (Å²) in [5, 5.41) is 0. The van der Waals surface area contributed by atoms with Crippen LogP contribution in [0.25, 0.3) is 0 Å². The standard InChI is InChI=1S/C8H15NO/c1-4-8(2)5-7(10)9(3)6-8/h4-6H2,1-3H3. The van der Waals surface area contributed by atoms with E-state index in [1.165, 1.54) is 0 Å². The summed E-state index contributed by atoms with van der Waals surface area (Å²) < 4.78 is 0. The van der Waals surface area contributed by atoms with Gasteiger partial charge in [0.2, 0.25) is 5.91 Å². The molecular formula is C8H15NO. The van der Waals surface area contributed by atoms with Crippen molar-refractivity contribution >= 4 is 5.91 Å². The first-order valence-corrected chi connectivity index (χ1v) is 3.81. The Labute approximate surface area is 62.2 Å². The fourth-order valence-electron chi connectivity index (χ4n) is 1.45.